The Morgan fingerprint density at radius 2 is 2.40 bits per heavy atom. The molecule has 52 valence electrons. The summed E-state index contributed by atoms with van der Waals surface area (Å²) >= 11 is 0. The van der Waals surface area contributed by atoms with Crippen LogP contribution in [-0.2, 0) is 0 Å². The molecule has 0 aliphatic rings. The van der Waals surface area contributed by atoms with Gasteiger partial charge in [0.15, 0.2) is 0 Å². The molecule has 2 aromatic rings. The molecule has 0 spiro atoms. The second-order valence-electron chi connectivity index (χ2n) is 2.37. The molecule has 0 fully saturated rings. The fraction of sp³-hybridized carbons (Fsp3) is 0.125. The number of nitrogens with one attached hydrogen (secondary N) is 1. The number of H-pyrrole nitrogens is 1. The van der Waals surface area contributed by atoms with Gasteiger partial charge in [0.05, 0.1) is 17.4 Å². The van der Waals surface area contributed by atoms with E-state index in [1.54, 1.807) is 6.33 Å². The van der Waals surface area contributed by atoms with Gasteiger partial charge in [0.2, 0.25) is 0 Å². The van der Waals surface area contributed by atoms with Crippen LogP contribution in [0.25, 0.3) is 11.0 Å². The Labute approximate surface area is 60.4 Å². The van der Waals surface area contributed by atoms with E-state index in [1.807, 2.05) is 12.1 Å². The molecule has 0 saturated carbocycles. The van der Waals surface area contributed by atoms with Crippen molar-refractivity contribution in [2.45, 2.75) is 6.92 Å². The zero-order chi connectivity index (χ0) is 6.97. The minimum absolute atomic E-state index is 0. The Morgan fingerprint density at radius 3 is 3.20 bits per heavy atom. The number of aromatic nitrogens is 2. The van der Waals surface area contributed by atoms with E-state index in [0.29, 0.717) is 0 Å². The van der Waals surface area contributed by atoms with Gasteiger partial charge >= 0.3 is 0 Å². The molecule has 0 unspecified atom stereocenters. The molecule has 10 heavy (non-hydrogen) atoms. The number of fused-ring (bicyclic) bond motifs is 1. The summed E-state index contributed by atoms with van der Waals surface area (Å²) in [7, 11) is 0. The van der Waals surface area contributed by atoms with E-state index in [0.717, 1.165) is 11.0 Å². The molecule has 1 aromatic heterocycles. The summed E-state index contributed by atoms with van der Waals surface area (Å²) in [4.78, 5) is 7.21. The number of hydrogen-bond acceptors (Lipinski definition) is 1. The van der Waals surface area contributed by atoms with E-state index in [4.69, 9.17) is 0 Å². The largest absolute Gasteiger partial charge is 0.345 e. The van der Waals surface area contributed by atoms with Gasteiger partial charge in [0.1, 0.15) is 0 Å². The molecule has 0 aliphatic carbocycles. The van der Waals surface area contributed by atoms with Crippen molar-refractivity contribution in [3.63, 3.8) is 0 Å². The standard InChI is InChI=1S/C8H8N2.H2/c1-6-3-2-4-7-8(6)10-5-9-7;/h2-5H,1H3,(H,9,10);1H. The Morgan fingerprint density at radius 1 is 1.50 bits per heavy atom. The molecule has 1 heterocycles. The summed E-state index contributed by atoms with van der Waals surface area (Å²) in [5.74, 6) is 0. The fourth-order valence-corrected chi connectivity index (χ4v) is 1.11. The van der Waals surface area contributed by atoms with Gasteiger partial charge in [-0.15, -0.1) is 0 Å². The fourth-order valence-electron chi connectivity index (χ4n) is 1.11. The van der Waals surface area contributed by atoms with E-state index < -0.39 is 0 Å². The molecule has 2 nitrogen and oxygen atoms in total. The first kappa shape index (κ1) is 5.47. The van der Waals surface area contributed by atoms with Crippen LogP contribution in [0.2, 0.25) is 0 Å². The van der Waals surface area contributed by atoms with Crippen LogP contribution in [0.15, 0.2) is 24.5 Å². The molecular formula is C8H10N2. The average Bonchev–Trinajstić information content (AvgIpc) is 2.36. The maximum atomic E-state index is 4.16. The van der Waals surface area contributed by atoms with Crippen molar-refractivity contribution in [2.24, 2.45) is 0 Å². The second kappa shape index (κ2) is 1.84. The van der Waals surface area contributed by atoms with E-state index in [1.165, 1.54) is 5.56 Å². The van der Waals surface area contributed by atoms with E-state index >= 15 is 0 Å². The van der Waals surface area contributed by atoms with Gasteiger partial charge in [-0.2, -0.15) is 0 Å². The molecule has 0 atom stereocenters. The molecule has 0 amide bonds. The van der Waals surface area contributed by atoms with Crippen LogP contribution in [0.1, 0.15) is 6.99 Å². The van der Waals surface area contributed by atoms with E-state index in [9.17, 15) is 0 Å². The summed E-state index contributed by atoms with van der Waals surface area (Å²) in [6.45, 7) is 2.06. The monoisotopic (exact) mass is 134 g/mol. The van der Waals surface area contributed by atoms with Gasteiger partial charge in [-0.3, -0.25) is 0 Å². The predicted molar refractivity (Wildman–Crippen MR) is 42.9 cm³/mol. The number of aryl methyl sites for hydroxylation is 1. The molecule has 0 aliphatic heterocycles. The van der Waals surface area contributed by atoms with Crippen molar-refractivity contribution in [1.82, 2.24) is 9.97 Å². The normalized spacial score (nSPS) is 10.5. The van der Waals surface area contributed by atoms with Crippen molar-refractivity contribution >= 4 is 11.0 Å². The Balaban J connectivity index is 0.000000605. The van der Waals surface area contributed by atoms with Crippen molar-refractivity contribution in [3.8, 4) is 0 Å². The van der Waals surface area contributed by atoms with Gasteiger partial charge in [-0.25, -0.2) is 4.98 Å². The van der Waals surface area contributed by atoms with Crippen molar-refractivity contribution < 1.29 is 1.43 Å². The highest BCUT2D eigenvalue weighted by Gasteiger charge is 1.95. The quantitative estimate of drug-likeness (QED) is 0.587. The van der Waals surface area contributed by atoms with Crippen LogP contribution in [0.3, 0.4) is 0 Å². The number of rotatable bonds is 0. The molecule has 0 saturated heterocycles. The summed E-state index contributed by atoms with van der Waals surface area (Å²) in [6.07, 6.45) is 1.72. The van der Waals surface area contributed by atoms with Gasteiger partial charge < -0.3 is 4.98 Å². The van der Waals surface area contributed by atoms with Crippen LogP contribution in [-0.4, -0.2) is 9.97 Å². The van der Waals surface area contributed by atoms with E-state index in [-0.39, 0.29) is 1.43 Å². The zero-order valence-corrected chi connectivity index (χ0v) is 5.76. The molecular weight excluding hydrogens is 124 g/mol. The highest BCUT2D eigenvalue weighted by molar-refractivity contribution is 5.77. The zero-order valence-electron chi connectivity index (χ0n) is 5.76. The van der Waals surface area contributed by atoms with Gasteiger partial charge in [0.25, 0.3) is 0 Å². The molecule has 2 heteroatoms. The number of aromatic amines is 1. The number of benzene rings is 1. The van der Waals surface area contributed by atoms with Crippen LogP contribution in [0.4, 0.5) is 0 Å². The smallest absolute Gasteiger partial charge is 0.0931 e. The van der Waals surface area contributed by atoms with Crippen LogP contribution in [0.5, 0.6) is 0 Å². The van der Waals surface area contributed by atoms with Crippen molar-refractivity contribution in [2.75, 3.05) is 0 Å². The summed E-state index contributed by atoms with van der Waals surface area (Å²) in [5.41, 5.74) is 3.40. The molecule has 1 aromatic carbocycles. The molecule has 0 radical (unpaired) electrons. The molecule has 1 N–H and O–H groups in total. The summed E-state index contributed by atoms with van der Waals surface area (Å²) in [6, 6.07) is 6.11. The predicted octanol–water partition coefficient (Wildman–Crippen LogP) is 2.12. The Hall–Kier alpha value is -1.31. The topological polar surface area (TPSA) is 28.7 Å². The number of para-hydroxylation sites is 1. The minimum atomic E-state index is 0. The van der Waals surface area contributed by atoms with Gasteiger partial charge in [-0.05, 0) is 18.6 Å². The maximum absolute atomic E-state index is 4.16. The molecule has 2 rings (SSSR count). The number of imidazole rings is 1. The first-order chi connectivity index (χ1) is 4.88. The SMILES string of the molecule is Cc1cccc2[nH]cnc12.[HH]. The van der Waals surface area contributed by atoms with Crippen molar-refractivity contribution in [3.05, 3.63) is 30.1 Å². The lowest BCUT2D eigenvalue weighted by Crippen LogP contribution is -1.73. The first-order valence-corrected chi connectivity index (χ1v) is 3.26. The van der Waals surface area contributed by atoms with Crippen LogP contribution in [0, 0.1) is 6.92 Å². The number of hydrogen-bond donors (Lipinski definition) is 1. The minimum Gasteiger partial charge on any atom is -0.345 e. The van der Waals surface area contributed by atoms with Crippen LogP contribution < -0.4 is 0 Å². The number of nitrogens with zero attached hydrogens (tertiary/aromatic N) is 1. The lowest BCUT2D eigenvalue weighted by Gasteiger charge is -1.90. The highest BCUT2D eigenvalue weighted by atomic mass is 14.9. The van der Waals surface area contributed by atoms with Gasteiger partial charge in [0, 0.05) is 1.43 Å². The average molecular weight is 134 g/mol. The highest BCUT2D eigenvalue weighted by Crippen LogP contribution is 2.11. The van der Waals surface area contributed by atoms with Crippen LogP contribution >= 0.6 is 0 Å². The third-order valence-corrected chi connectivity index (χ3v) is 1.65. The third-order valence-electron chi connectivity index (χ3n) is 1.65. The Kier molecular flexibility index (Phi) is 1.01. The second-order valence-corrected chi connectivity index (χ2v) is 2.37. The maximum Gasteiger partial charge on any atom is 0.0931 e. The van der Waals surface area contributed by atoms with Gasteiger partial charge in [-0.1, -0.05) is 12.1 Å². The third kappa shape index (κ3) is 0.620. The summed E-state index contributed by atoms with van der Waals surface area (Å²) in [5, 5.41) is 0. The lowest BCUT2D eigenvalue weighted by molar-refractivity contribution is 1.34. The first-order valence-electron chi connectivity index (χ1n) is 3.26. The van der Waals surface area contributed by atoms with E-state index in [2.05, 4.69) is 23.0 Å². The lowest BCUT2D eigenvalue weighted by atomic mass is 10.2. The Bertz CT molecular complexity index is 354. The van der Waals surface area contributed by atoms with Crippen molar-refractivity contribution in [1.29, 1.82) is 0 Å². The summed E-state index contributed by atoms with van der Waals surface area (Å²) < 4.78 is 0. The molecule has 0 bridgehead atoms.